The maximum atomic E-state index is 12.3. The minimum Gasteiger partial charge on any atom is -0.399 e. The van der Waals surface area contributed by atoms with E-state index < -0.39 is 10.0 Å². The second-order valence-corrected chi connectivity index (χ2v) is 7.17. The number of nitrogen functional groups attached to an aromatic ring is 1. The maximum absolute atomic E-state index is 12.3. The summed E-state index contributed by atoms with van der Waals surface area (Å²) in [4.78, 5) is 0.114. The Morgan fingerprint density at radius 3 is 2.50 bits per heavy atom. The number of nitrogens with two attached hydrogens (primary N) is 1. The van der Waals surface area contributed by atoms with Crippen molar-refractivity contribution in [3.8, 4) is 0 Å². The lowest BCUT2D eigenvalue weighted by Gasteiger charge is -2.11. The molecule has 0 aromatic heterocycles. The molecule has 7 heteroatoms. The highest BCUT2D eigenvalue weighted by Crippen LogP contribution is 2.27. The lowest BCUT2D eigenvalue weighted by Crippen LogP contribution is -2.13. The summed E-state index contributed by atoms with van der Waals surface area (Å²) < 4.78 is 27.5. The fourth-order valence-corrected chi connectivity index (χ4v) is 3.93. The van der Waals surface area contributed by atoms with Crippen LogP contribution in [-0.4, -0.2) is 8.42 Å². The molecule has 4 nitrogen and oxygen atoms in total. The van der Waals surface area contributed by atoms with Crippen LogP contribution in [0.25, 0.3) is 0 Å². The van der Waals surface area contributed by atoms with Gasteiger partial charge in [0.2, 0.25) is 0 Å². The predicted molar refractivity (Wildman–Crippen MR) is 85.6 cm³/mol. The van der Waals surface area contributed by atoms with Crippen molar-refractivity contribution in [2.45, 2.75) is 11.8 Å². The summed E-state index contributed by atoms with van der Waals surface area (Å²) in [6.07, 6.45) is 0. The molecule has 0 saturated heterocycles. The van der Waals surface area contributed by atoms with E-state index >= 15 is 0 Å². The van der Waals surface area contributed by atoms with E-state index in [1.165, 1.54) is 18.2 Å². The highest BCUT2D eigenvalue weighted by Gasteiger charge is 2.18. The molecule has 0 aliphatic rings. The third kappa shape index (κ3) is 3.26. The minimum absolute atomic E-state index is 0.114. The molecule has 0 aliphatic carbocycles. The molecule has 0 atom stereocenters. The zero-order chi connectivity index (χ0) is 14.9. The zero-order valence-corrected chi connectivity index (χ0v) is 13.7. The molecule has 0 unspecified atom stereocenters. The van der Waals surface area contributed by atoms with Crippen LogP contribution in [0, 0.1) is 6.92 Å². The first-order valence-electron chi connectivity index (χ1n) is 5.63. The van der Waals surface area contributed by atoms with E-state index in [0.717, 1.165) is 5.56 Å². The van der Waals surface area contributed by atoms with Gasteiger partial charge in [-0.1, -0.05) is 17.7 Å². The van der Waals surface area contributed by atoms with E-state index in [1.807, 2.05) is 6.92 Å². The van der Waals surface area contributed by atoms with Crippen molar-refractivity contribution in [2.24, 2.45) is 0 Å². The van der Waals surface area contributed by atoms with Crippen LogP contribution >= 0.6 is 27.5 Å². The van der Waals surface area contributed by atoms with Crippen molar-refractivity contribution in [3.63, 3.8) is 0 Å². The van der Waals surface area contributed by atoms with Crippen LogP contribution in [-0.2, 0) is 10.0 Å². The van der Waals surface area contributed by atoms with Crippen LogP contribution < -0.4 is 10.5 Å². The van der Waals surface area contributed by atoms with Crippen molar-refractivity contribution >= 4 is 48.9 Å². The number of hydrogen-bond acceptors (Lipinski definition) is 3. The number of benzene rings is 2. The third-order valence-electron chi connectivity index (χ3n) is 2.67. The summed E-state index contributed by atoms with van der Waals surface area (Å²) in [6.45, 7) is 1.84. The van der Waals surface area contributed by atoms with Gasteiger partial charge in [0.05, 0.1) is 5.69 Å². The molecule has 0 spiro atoms. The van der Waals surface area contributed by atoms with Gasteiger partial charge in [-0.15, -0.1) is 0 Å². The summed E-state index contributed by atoms with van der Waals surface area (Å²) in [5.74, 6) is 0. The topological polar surface area (TPSA) is 72.2 Å². The van der Waals surface area contributed by atoms with Gasteiger partial charge in [0.15, 0.2) is 0 Å². The molecule has 2 aromatic rings. The molecular formula is C13H12BrClN2O2S. The van der Waals surface area contributed by atoms with Crippen LogP contribution in [0.1, 0.15) is 5.56 Å². The number of aryl methyl sites for hydroxylation is 1. The van der Waals surface area contributed by atoms with Gasteiger partial charge >= 0.3 is 0 Å². The number of sulfonamides is 1. The summed E-state index contributed by atoms with van der Waals surface area (Å²) >= 11 is 9.18. The number of anilines is 2. The zero-order valence-electron chi connectivity index (χ0n) is 10.5. The third-order valence-corrected chi connectivity index (χ3v) is 5.43. The van der Waals surface area contributed by atoms with Crippen LogP contribution in [0.3, 0.4) is 0 Å². The van der Waals surface area contributed by atoms with Crippen molar-refractivity contribution in [1.29, 1.82) is 0 Å². The van der Waals surface area contributed by atoms with E-state index in [4.69, 9.17) is 17.3 Å². The lowest BCUT2D eigenvalue weighted by molar-refractivity contribution is 0.601. The van der Waals surface area contributed by atoms with Crippen LogP contribution in [0.2, 0.25) is 5.02 Å². The van der Waals surface area contributed by atoms with E-state index in [1.54, 1.807) is 18.2 Å². The molecule has 0 radical (unpaired) electrons. The Hall–Kier alpha value is -1.24. The van der Waals surface area contributed by atoms with Crippen LogP contribution in [0.15, 0.2) is 45.8 Å². The molecule has 0 amide bonds. The first-order valence-corrected chi connectivity index (χ1v) is 8.29. The van der Waals surface area contributed by atoms with E-state index in [9.17, 15) is 8.42 Å². The van der Waals surface area contributed by atoms with Crippen molar-refractivity contribution in [3.05, 3.63) is 51.5 Å². The van der Waals surface area contributed by atoms with Gasteiger partial charge in [-0.2, -0.15) is 0 Å². The summed E-state index contributed by atoms with van der Waals surface area (Å²) in [6, 6.07) is 9.48. The van der Waals surface area contributed by atoms with Gasteiger partial charge in [0, 0.05) is 15.2 Å². The SMILES string of the molecule is Cc1ccc(NS(=O)(=O)c2ccc(N)cc2Br)cc1Cl. The Balaban J connectivity index is 2.38. The van der Waals surface area contributed by atoms with Gasteiger partial charge in [-0.25, -0.2) is 8.42 Å². The Morgan fingerprint density at radius 1 is 1.20 bits per heavy atom. The van der Waals surface area contributed by atoms with Crippen LogP contribution in [0.4, 0.5) is 11.4 Å². The second kappa shape index (κ2) is 5.63. The largest absolute Gasteiger partial charge is 0.399 e. The van der Waals surface area contributed by atoms with E-state index in [2.05, 4.69) is 20.7 Å². The number of nitrogens with one attached hydrogen (secondary N) is 1. The molecule has 0 bridgehead atoms. The van der Waals surface area contributed by atoms with E-state index in [-0.39, 0.29) is 4.90 Å². The normalized spacial score (nSPS) is 11.3. The van der Waals surface area contributed by atoms with Gasteiger partial charge < -0.3 is 5.73 Å². The maximum Gasteiger partial charge on any atom is 0.263 e. The fourth-order valence-electron chi connectivity index (χ4n) is 1.60. The smallest absolute Gasteiger partial charge is 0.263 e. The van der Waals surface area contributed by atoms with Crippen molar-refractivity contribution in [2.75, 3.05) is 10.5 Å². The molecule has 106 valence electrons. The van der Waals surface area contributed by atoms with Gasteiger partial charge in [0.25, 0.3) is 10.0 Å². The highest BCUT2D eigenvalue weighted by atomic mass is 79.9. The molecule has 3 N–H and O–H groups in total. The van der Waals surface area contributed by atoms with Gasteiger partial charge in [0.1, 0.15) is 4.90 Å². The highest BCUT2D eigenvalue weighted by molar-refractivity contribution is 9.10. The molecule has 0 heterocycles. The number of halogens is 2. The van der Waals surface area contributed by atoms with Crippen molar-refractivity contribution in [1.82, 2.24) is 0 Å². The first kappa shape index (κ1) is 15.2. The summed E-state index contributed by atoms with van der Waals surface area (Å²) in [7, 11) is -3.70. The molecule has 2 aromatic carbocycles. The summed E-state index contributed by atoms with van der Waals surface area (Å²) in [5.41, 5.74) is 7.36. The first-order chi connectivity index (χ1) is 9.29. The Morgan fingerprint density at radius 2 is 1.90 bits per heavy atom. The molecule has 0 saturated carbocycles. The Kier molecular flexibility index (Phi) is 4.27. The fraction of sp³-hybridized carbons (Fsp3) is 0.0769. The quantitative estimate of drug-likeness (QED) is 0.802. The lowest BCUT2D eigenvalue weighted by atomic mass is 10.2. The molecule has 20 heavy (non-hydrogen) atoms. The average molecular weight is 376 g/mol. The van der Waals surface area contributed by atoms with E-state index in [0.29, 0.717) is 20.9 Å². The molecular weight excluding hydrogens is 364 g/mol. The predicted octanol–water partition coefficient (Wildman–Crippen LogP) is 3.79. The molecule has 2 rings (SSSR count). The van der Waals surface area contributed by atoms with Gasteiger partial charge in [-0.3, -0.25) is 4.72 Å². The van der Waals surface area contributed by atoms with Gasteiger partial charge in [-0.05, 0) is 58.7 Å². The van der Waals surface area contributed by atoms with Crippen molar-refractivity contribution < 1.29 is 8.42 Å². The number of rotatable bonds is 3. The van der Waals surface area contributed by atoms with Crippen LogP contribution in [0.5, 0.6) is 0 Å². The average Bonchev–Trinajstić information content (AvgIpc) is 2.33. The summed E-state index contributed by atoms with van der Waals surface area (Å²) in [5, 5.41) is 0.501. The number of hydrogen-bond donors (Lipinski definition) is 2. The molecule has 0 aliphatic heterocycles. The molecule has 0 fully saturated rings. The Labute approximate surface area is 131 Å². The second-order valence-electron chi connectivity index (χ2n) is 4.26. The Bertz CT molecular complexity index is 763. The minimum atomic E-state index is -3.70. The monoisotopic (exact) mass is 374 g/mol. The standard InChI is InChI=1S/C13H12BrClN2O2S/c1-8-2-4-10(7-12(8)15)17-20(18,19)13-5-3-9(16)6-11(13)14/h2-7,17H,16H2,1H3.